The summed E-state index contributed by atoms with van der Waals surface area (Å²) in [6.07, 6.45) is 8.24. The Hall–Kier alpha value is -2.78. The van der Waals surface area contributed by atoms with E-state index in [0.29, 0.717) is 24.4 Å². The molecule has 2 aliphatic rings. The number of nitrogens with one attached hydrogen (secondary N) is 2. The second kappa shape index (κ2) is 8.46. The standard InChI is InChI=1S/C25H31N7OS/c1-14(2)21-22(18-11-32-19(10-15(18)3)27-13-28-32)29-25-23(21)30-24(34-25)16-4-6-17(7-5-16)31-9-8-26-20(33)12-31/h10-11,13-14,16-17,29H,4-9,12H2,1-3H3,(H,26,33). The van der Waals surface area contributed by atoms with Crippen molar-refractivity contribution in [1.82, 2.24) is 34.8 Å². The fourth-order valence-corrected chi connectivity index (χ4v) is 6.88. The van der Waals surface area contributed by atoms with Gasteiger partial charge in [0, 0.05) is 42.4 Å². The van der Waals surface area contributed by atoms with E-state index in [9.17, 15) is 4.79 Å². The molecule has 0 aromatic carbocycles. The Bertz CT molecular complexity index is 1360. The van der Waals surface area contributed by atoms with E-state index in [-0.39, 0.29) is 5.91 Å². The maximum absolute atomic E-state index is 11.8. The normalized spacial score (nSPS) is 22.2. The van der Waals surface area contributed by atoms with Gasteiger partial charge in [-0.15, -0.1) is 11.3 Å². The molecular weight excluding hydrogens is 446 g/mol. The molecule has 178 valence electrons. The van der Waals surface area contributed by atoms with Crippen LogP contribution in [0.15, 0.2) is 18.6 Å². The molecule has 4 aromatic heterocycles. The Morgan fingerprint density at radius 3 is 2.79 bits per heavy atom. The van der Waals surface area contributed by atoms with Crippen molar-refractivity contribution in [2.75, 3.05) is 19.6 Å². The number of carbonyl (C=O) groups excluding carboxylic acids is 1. The smallest absolute Gasteiger partial charge is 0.234 e. The Kier molecular flexibility index (Phi) is 5.41. The minimum absolute atomic E-state index is 0.165. The number of fused-ring (bicyclic) bond motifs is 2. The highest BCUT2D eigenvalue weighted by molar-refractivity contribution is 7.18. The molecule has 0 unspecified atom stereocenters. The van der Waals surface area contributed by atoms with Gasteiger partial charge in [0.05, 0.1) is 17.2 Å². The molecule has 1 aliphatic heterocycles. The molecule has 5 heterocycles. The van der Waals surface area contributed by atoms with Crippen molar-refractivity contribution < 1.29 is 4.79 Å². The summed E-state index contributed by atoms with van der Waals surface area (Å²) >= 11 is 1.82. The molecule has 1 saturated heterocycles. The Labute approximate surface area is 202 Å². The first-order chi connectivity index (χ1) is 16.5. The molecular formula is C25H31N7OS. The van der Waals surface area contributed by atoms with Gasteiger partial charge in [-0.25, -0.2) is 14.5 Å². The summed E-state index contributed by atoms with van der Waals surface area (Å²) in [5.41, 5.74) is 6.76. The van der Waals surface area contributed by atoms with E-state index in [1.165, 1.54) is 21.0 Å². The molecule has 2 fully saturated rings. The summed E-state index contributed by atoms with van der Waals surface area (Å²) in [5.74, 6) is 1.03. The number of hydrogen-bond donors (Lipinski definition) is 2. The number of nitrogens with zero attached hydrogens (tertiary/aromatic N) is 5. The molecule has 9 heteroatoms. The summed E-state index contributed by atoms with van der Waals surface area (Å²) in [5, 5.41) is 8.53. The van der Waals surface area contributed by atoms with Crippen LogP contribution in [0.25, 0.3) is 27.3 Å². The number of rotatable bonds is 4. The maximum Gasteiger partial charge on any atom is 0.234 e. The van der Waals surface area contributed by atoms with Gasteiger partial charge >= 0.3 is 0 Å². The summed E-state index contributed by atoms with van der Waals surface area (Å²) in [7, 11) is 0. The number of aromatic nitrogens is 5. The topological polar surface area (TPSA) is 91.2 Å². The van der Waals surface area contributed by atoms with Gasteiger partial charge in [0.1, 0.15) is 16.7 Å². The van der Waals surface area contributed by atoms with Crippen LogP contribution in [-0.4, -0.2) is 61.0 Å². The summed E-state index contributed by atoms with van der Waals surface area (Å²) in [6, 6.07) is 2.62. The largest absolute Gasteiger partial charge is 0.354 e. The van der Waals surface area contributed by atoms with Gasteiger partial charge in [-0.1, -0.05) is 13.8 Å². The average molecular weight is 478 g/mol. The molecule has 0 radical (unpaired) electrons. The number of pyridine rings is 1. The fraction of sp³-hybridized carbons (Fsp3) is 0.520. The van der Waals surface area contributed by atoms with Gasteiger partial charge in [0.15, 0.2) is 5.65 Å². The second-order valence-corrected chi connectivity index (χ2v) is 11.1. The molecule has 1 aliphatic carbocycles. The third-order valence-electron chi connectivity index (χ3n) is 7.51. The van der Waals surface area contributed by atoms with E-state index in [0.717, 1.165) is 61.2 Å². The predicted molar refractivity (Wildman–Crippen MR) is 134 cm³/mol. The molecule has 4 aromatic rings. The number of carbonyl (C=O) groups is 1. The first-order valence-corrected chi connectivity index (χ1v) is 13.1. The number of H-pyrrole nitrogens is 1. The Balaban J connectivity index is 1.28. The molecule has 0 atom stereocenters. The lowest BCUT2D eigenvalue weighted by Crippen LogP contribution is -2.52. The summed E-state index contributed by atoms with van der Waals surface area (Å²) in [4.78, 5) is 28.6. The van der Waals surface area contributed by atoms with Crippen LogP contribution in [-0.2, 0) is 4.79 Å². The van der Waals surface area contributed by atoms with Crippen LogP contribution in [0.1, 0.15) is 67.5 Å². The number of aryl methyl sites for hydroxylation is 1. The predicted octanol–water partition coefficient (Wildman–Crippen LogP) is 4.22. The van der Waals surface area contributed by atoms with Gasteiger partial charge in [-0.2, -0.15) is 5.10 Å². The molecule has 34 heavy (non-hydrogen) atoms. The lowest BCUT2D eigenvalue weighted by Gasteiger charge is -2.38. The van der Waals surface area contributed by atoms with E-state index >= 15 is 0 Å². The number of aromatic amines is 1. The summed E-state index contributed by atoms with van der Waals surface area (Å²) in [6.45, 7) is 8.92. The van der Waals surface area contributed by atoms with Crippen LogP contribution in [0.5, 0.6) is 0 Å². The lowest BCUT2D eigenvalue weighted by atomic mass is 9.85. The zero-order valence-electron chi connectivity index (χ0n) is 20.0. The van der Waals surface area contributed by atoms with E-state index in [1.54, 1.807) is 6.33 Å². The first kappa shape index (κ1) is 21.7. The van der Waals surface area contributed by atoms with Crippen molar-refractivity contribution in [3.05, 3.63) is 34.7 Å². The van der Waals surface area contributed by atoms with Crippen molar-refractivity contribution in [2.24, 2.45) is 0 Å². The quantitative estimate of drug-likeness (QED) is 0.459. The zero-order chi connectivity index (χ0) is 23.4. The maximum atomic E-state index is 11.8. The van der Waals surface area contributed by atoms with Crippen molar-refractivity contribution in [3.63, 3.8) is 0 Å². The van der Waals surface area contributed by atoms with Gasteiger partial charge in [0.2, 0.25) is 5.91 Å². The van der Waals surface area contributed by atoms with Crippen LogP contribution in [0.3, 0.4) is 0 Å². The molecule has 1 saturated carbocycles. The average Bonchev–Trinajstić information content (AvgIpc) is 3.52. The molecule has 2 N–H and O–H groups in total. The van der Waals surface area contributed by atoms with Crippen LogP contribution in [0, 0.1) is 6.92 Å². The van der Waals surface area contributed by atoms with Crippen LogP contribution >= 0.6 is 11.3 Å². The van der Waals surface area contributed by atoms with E-state index < -0.39 is 0 Å². The number of amides is 1. The molecule has 8 nitrogen and oxygen atoms in total. The molecule has 6 rings (SSSR count). The van der Waals surface area contributed by atoms with E-state index in [1.807, 2.05) is 15.9 Å². The number of hydrogen-bond acceptors (Lipinski definition) is 6. The monoisotopic (exact) mass is 477 g/mol. The van der Waals surface area contributed by atoms with Gasteiger partial charge in [0.25, 0.3) is 0 Å². The van der Waals surface area contributed by atoms with Crippen molar-refractivity contribution in [1.29, 1.82) is 0 Å². The second-order valence-electron chi connectivity index (χ2n) is 10.1. The molecule has 0 spiro atoms. The number of thiazole rings is 1. The highest BCUT2D eigenvalue weighted by Crippen LogP contribution is 2.43. The summed E-state index contributed by atoms with van der Waals surface area (Å²) < 4.78 is 1.84. The highest BCUT2D eigenvalue weighted by atomic mass is 32.1. The van der Waals surface area contributed by atoms with E-state index in [2.05, 4.69) is 58.3 Å². The van der Waals surface area contributed by atoms with Crippen LogP contribution in [0.4, 0.5) is 0 Å². The molecule has 1 amide bonds. The zero-order valence-corrected chi connectivity index (χ0v) is 20.8. The SMILES string of the molecule is Cc1cc2ncnn2cc1-c1[nH]c2sc(C3CCC(N4CCNC(=O)C4)CC3)nc2c1C(C)C. The van der Waals surface area contributed by atoms with Crippen LogP contribution < -0.4 is 5.32 Å². The van der Waals surface area contributed by atoms with Crippen molar-refractivity contribution in [3.8, 4) is 11.3 Å². The fourth-order valence-electron chi connectivity index (χ4n) is 5.73. The van der Waals surface area contributed by atoms with E-state index in [4.69, 9.17) is 4.98 Å². The minimum atomic E-state index is 0.165. The Morgan fingerprint density at radius 2 is 2.03 bits per heavy atom. The Morgan fingerprint density at radius 1 is 1.21 bits per heavy atom. The van der Waals surface area contributed by atoms with Crippen LogP contribution in [0.2, 0.25) is 0 Å². The minimum Gasteiger partial charge on any atom is -0.354 e. The number of piperazine rings is 1. The van der Waals surface area contributed by atoms with Gasteiger partial charge < -0.3 is 10.3 Å². The van der Waals surface area contributed by atoms with Crippen molar-refractivity contribution in [2.45, 2.75) is 64.3 Å². The third-order valence-corrected chi connectivity index (χ3v) is 8.64. The lowest BCUT2D eigenvalue weighted by molar-refractivity contribution is -0.125. The van der Waals surface area contributed by atoms with Gasteiger partial charge in [-0.3, -0.25) is 9.69 Å². The molecule has 0 bridgehead atoms. The third kappa shape index (κ3) is 3.71. The first-order valence-electron chi connectivity index (χ1n) is 12.3. The van der Waals surface area contributed by atoms with Crippen molar-refractivity contribution >= 4 is 33.2 Å². The highest BCUT2D eigenvalue weighted by Gasteiger charge is 2.31. The van der Waals surface area contributed by atoms with Gasteiger partial charge in [-0.05, 0) is 50.2 Å².